The Morgan fingerprint density at radius 2 is 1.93 bits per heavy atom. The third kappa shape index (κ3) is 4.59. The number of fused-ring (bicyclic) bond motifs is 1. The second-order valence-corrected chi connectivity index (χ2v) is 22.4. The zero-order valence-corrected chi connectivity index (χ0v) is 15.5. The zero-order chi connectivity index (χ0) is 11.1. The van der Waals surface area contributed by atoms with Crippen molar-refractivity contribution in [2.75, 3.05) is 0 Å². The van der Waals surface area contributed by atoms with Crippen LogP contribution in [0.4, 0.5) is 0 Å². The van der Waals surface area contributed by atoms with E-state index in [-0.39, 0.29) is 14.9 Å². The first-order valence-electron chi connectivity index (χ1n) is 5.06. The number of allylic oxidation sites excluding steroid dienone is 1. The molecule has 0 fully saturated rings. The molecule has 1 unspecified atom stereocenters. The molecule has 0 aliphatic heterocycles. The van der Waals surface area contributed by atoms with Crippen molar-refractivity contribution in [3.05, 3.63) is 41.5 Å². The van der Waals surface area contributed by atoms with Crippen molar-refractivity contribution in [3.63, 3.8) is 0 Å². The van der Waals surface area contributed by atoms with Crippen molar-refractivity contribution in [3.8, 4) is 0 Å². The van der Waals surface area contributed by atoms with Crippen LogP contribution in [0.2, 0.25) is 0 Å². The first-order valence-corrected chi connectivity index (χ1v) is 19.7. The molecule has 80 valence electrons. The van der Waals surface area contributed by atoms with Crippen LogP contribution in [-0.2, 0) is 14.9 Å². The van der Waals surface area contributed by atoms with Gasteiger partial charge in [0.2, 0.25) is 0 Å². The SMILES string of the molecule is CCCC1C=Cc2ccccc21.[I][Zr][I]. The van der Waals surface area contributed by atoms with Gasteiger partial charge in [0.1, 0.15) is 0 Å². The Balaban J connectivity index is 0.000000337. The molecule has 1 atom stereocenters. The van der Waals surface area contributed by atoms with Crippen LogP contribution >= 0.6 is 36.1 Å². The summed E-state index contributed by atoms with van der Waals surface area (Å²) in [6.07, 6.45) is 7.13. The molecule has 0 spiro atoms. The third-order valence-corrected chi connectivity index (χ3v) is 2.50. The van der Waals surface area contributed by atoms with Crippen molar-refractivity contribution < 1.29 is 14.9 Å². The van der Waals surface area contributed by atoms with Crippen LogP contribution in [0.5, 0.6) is 0 Å². The second kappa shape index (κ2) is 8.40. The Hall–Kier alpha value is 1.30. The Bertz CT molecular complexity index is 323. The van der Waals surface area contributed by atoms with Crippen molar-refractivity contribution >= 4 is 42.2 Å². The molecule has 0 aromatic heterocycles. The molecule has 0 saturated carbocycles. The van der Waals surface area contributed by atoms with E-state index >= 15 is 0 Å². The van der Waals surface area contributed by atoms with Crippen molar-refractivity contribution in [2.24, 2.45) is 0 Å². The van der Waals surface area contributed by atoms with E-state index in [0.29, 0.717) is 5.92 Å². The van der Waals surface area contributed by atoms with Crippen LogP contribution in [0.25, 0.3) is 6.08 Å². The summed E-state index contributed by atoms with van der Waals surface area (Å²) in [7, 11) is 0. The average Bonchev–Trinajstić information content (AvgIpc) is 2.64. The van der Waals surface area contributed by atoms with E-state index in [1.54, 1.807) is 0 Å². The molecule has 0 amide bonds. The van der Waals surface area contributed by atoms with Gasteiger partial charge >= 0.3 is 50.9 Å². The molecule has 1 aliphatic rings. The van der Waals surface area contributed by atoms with Crippen LogP contribution in [0, 0.1) is 0 Å². The molecule has 2 rings (SSSR count). The van der Waals surface area contributed by atoms with Gasteiger partial charge in [0, 0.05) is 5.92 Å². The van der Waals surface area contributed by atoms with E-state index in [1.807, 2.05) is 0 Å². The molecule has 1 aromatic rings. The molecular formula is C12H14I2Zr. The topological polar surface area (TPSA) is 0 Å². The minimum atomic E-state index is 0.170. The van der Waals surface area contributed by atoms with Gasteiger partial charge in [-0.15, -0.1) is 0 Å². The van der Waals surface area contributed by atoms with Crippen molar-refractivity contribution in [1.82, 2.24) is 0 Å². The molecule has 0 nitrogen and oxygen atoms in total. The van der Waals surface area contributed by atoms with Gasteiger partial charge in [0.25, 0.3) is 0 Å². The summed E-state index contributed by atoms with van der Waals surface area (Å²) < 4.78 is 0. The summed E-state index contributed by atoms with van der Waals surface area (Å²) in [6.45, 7) is 2.24. The third-order valence-electron chi connectivity index (χ3n) is 2.50. The predicted octanol–water partition coefficient (Wildman–Crippen LogP) is 5.37. The fourth-order valence-corrected chi connectivity index (χ4v) is 1.89. The number of hydrogen-bond donors (Lipinski definition) is 0. The Labute approximate surface area is 122 Å². The van der Waals surface area contributed by atoms with Gasteiger partial charge < -0.3 is 0 Å². The van der Waals surface area contributed by atoms with Gasteiger partial charge in [0.15, 0.2) is 0 Å². The number of rotatable bonds is 2. The molecular weight excluding hydrogens is 489 g/mol. The van der Waals surface area contributed by atoms with E-state index in [2.05, 4.69) is 79.4 Å². The van der Waals surface area contributed by atoms with Crippen molar-refractivity contribution in [2.45, 2.75) is 25.7 Å². The first-order chi connectivity index (χ1) is 7.33. The van der Waals surface area contributed by atoms with Gasteiger partial charge in [-0.3, -0.25) is 0 Å². The van der Waals surface area contributed by atoms with Crippen LogP contribution in [0.15, 0.2) is 30.3 Å². The predicted molar refractivity (Wildman–Crippen MR) is 81.2 cm³/mol. The molecule has 15 heavy (non-hydrogen) atoms. The Morgan fingerprint density at radius 1 is 1.27 bits per heavy atom. The van der Waals surface area contributed by atoms with Crippen LogP contribution in [0.1, 0.15) is 36.8 Å². The summed E-state index contributed by atoms with van der Waals surface area (Å²) in [5.41, 5.74) is 2.93. The van der Waals surface area contributed by atoms with Gasteiger partial charge in [-0.05, 0) is 17.5 Å². The first kappa shape index (κ1) is 14.4. The van der Waals surface area contributed by atoms with Crippen LogP contribution < -0.4 is 0 Å². The maximum atomic E-state index is 2.45. The molecule has 0 radical (unpaired) electrons. The van der Waals surface area contributed by atoms with Gasteiger partial charge in [-0.2, -0.15) is 0 Å². The van der Waals surface area contributed by atoms with Gasteiger partial charge in [-0.25, -0.2) is 0 Å². The molecule has 0 heterocycles. The summed E-state index contributed by atoms with van der Waals surface area (Å²) in [5.74, 6) is 0.686. The minimum absolute atomic E-state index is 0.170. The number of benzene rings is 1. The standard InChI is InChI=1S/C12H14.2HI.Zr/c1-2-5-10-8-9-11-6-3-4-7-12(10)11;;;/h3-4,6-10H,2,5H2,1H3;2*1H;/q;;;+2/p-2. The molecule has 1 aromatic carbocycles. The fraction of sp³-hybridized carbons (Fsp3) is 0.333. The van der Waals surface area contributed by atoms with E-state index in [1.165, 1.54) is 24.0 Å². The van der Waals surface area contributed by atoms with Gasteiger partial charge in [-0.1, -0.05) is 49.8 Å². The number of halogens is 2. The number of hydrogen-bond acceptors (Lipinski definition) is 0. The van der Waals surface area contributed by atoms with E-state index < -0.39 is 0 Å². The Kier molecular flexibility index (Phi) is 8.05. The molecule has 0 N–H and O–H groups in total. The quantitative estimate of drug-likeness (QED) is 0.477. The van der Waals surface area contributed by atoms with Crippen LogP contribution in [-0.4, -0.2) is 0 Å². The van der Waals surface area contributed by atoms with E-state index in [0.717, 1.165) is 0 Å². The molecule has 0 saturated heterocycles. The monoisotopic (exact) mass is 502 g/mol. The molecule has 0 bridgehead atoms. The fourth-order valence-electron chi connectivity index (χ4n) is 1.89. The zero-order valence-electron chi connectivity index (χ0n) is 8.71. The van der Waals surface area contributed by atoms with E-state index in [4.69, 9.17) is 0 Å². The molecule has 1 aliphatic carbocycles. The molecule has 3 heteroatoms. The normalized spacial score (nSPS) is 16.6. The maximum absolute atomic E-state index is 2.45. The summed E-state index contributed by atoms with van der Waals surface area (Å²) in [4.78, 5) is 0. The van der Waals surface area contributed by atoms with E-state index in [9.17, 15) is 0 Å². The summed E-state index contributed by atoms with van der Waals surface area (Å²) in [6, 6.07) is 8.68. The van der Waals surface area contributed by atoms with Gasteiger partial charge in [0.05, 0.1) is 0 Å². The van der Waals surface area contributed by atoms with Crippen molar-refractivity contribution in [1.29, 1.82) is 0 Å². The van der Waals surface area contributed by atoms with Crippen LogP contribution in [0.3, 0.4) is 0 Å². The summed E-state index contributed by atoms with van der Waals surface area (Å²) >= 11 is 5.06. The second-order valence-electron chi connectivity index (χ2n) is 3.45. The Morgan fingerprint density at radius 3 is 2.60 bits per heavy atom. The summed E-state index contributed by atoms with van der Waals surface area (Å²) in [5, 5.41) is 0. The average molecular weight is 503 g/mol.